The molecule has 1 rings (SSSR count). The van der Waals surface area contributed by atoms with Gasteiger partial charge in [-0.25, -0.2) is 4.99 Å². The first kappa shape index (κ1) is 18.8. The van der Waals surface area contributed by atoms with Crippen LogP contribution in [0.5, 0.6) is 5.75 Å². The van der Waals surface area contributed by atoms with E-state index in [1.807, 2.05) is 45.0 Å². The summed E-state index contributed by atoms with van der Waals surface area (Å²) in [7, 11) is 1.66. The summed E-state index contributed by atoms with van der Waals surface area (Å²) in [6.45, 7) is 8.25. The fraction of sp³-hybridized carbons (Fsp3) is 0.529. The zero-order valence-corrected chi connectivity index (χ0v) is 14.5. The molecule has 0 bridgehead atoms. The van der Waals surface area contributed by atoms with Crippen molar-refractivity contribution in [2.24, 2.45) is 10.9 Å². The maximum absolute atomic E-state index is 11.5. The Morgan fingerprint density at radius 1 is 1.17 bits per heavy atom. The molecule has 0 spiro atoms. The van der Waals surface area contributed by atoms with Gasteiger partial charge in [-0.2, -0.15) is 0 Å². The molecule has 0 aliphatic rings. The van der Waals surface area contributed by atoms with Crippen LogP contribution in [0.4, 0.5) is 0 Å². The molecule has 6 heteroatoms. The van der Waals surface area contributed by atoms with Gasteiger partial charge in [-0.3, -0.25) is 4.79 Å². The molecule has 1 aromatic rings. The Labute approximate surface area is 138 Å². The van der Waals surface area contributed by atoms with Crippen LogP contribution in [0.15, 0.2) is 29.3 Å². The van der Waals surface area contributed by atoms with E-state index >= 15 is 0 Å². The highest BCUT2D eigenvalue weighted by atomic mass is 16.5. The Bertz CT molecular complexity index is 515. The van der Waals surface area contributed by atoms with Gasteiger partial charge in [0, 0.05) is 31.1 Å². The summed E-state index contributed by atoms with van der Waals surface area (Å²) in [5.41, 5.74) is 1.03. The average Bonchev–Trinajstić information content (AvgIpc) is 2.56. The number of nitrogens with one attached hydrogen (secondary N) is 3. The van der Waals surface area contributed by atoms with Crippen molar-refractivity contribution < 1.29 is 9.53 Å². The first-order valence-corrected chi connectivity index (χ1v) is 8.00. The predicted octanol–water partition coefficient (Wildman–Crippen LogP) is 1.52. The van der Waals surface area contributed by atoms with Crippen LogP contribution in [0.3, 0.4) is 0 Å². The van der Waals surface area contributed by atoms with Gasteiger partial charge in [0.05, 0.1) is 13.7 Å². The summed E-state index contributed by atoms with van der Waals surface area (Å²) in [6, 6.07) is 7.82. The number of benzene rings is 1. The van der Waals surface area contributed by atoms with Crippen LogP contribution in [0.25, 0.3) is 0 Å². The molecule has 0 fully saturated rings. The number of carbonyl (C=O) groups is 1. The molecule has 1 amide bonds. The number of carbonyl (C=O) groups excluding carboxylic acids is 1. The predicted molar refractivity (Wildman–Crippen MR) is 93.7 cm³/mol. The number of para-hydroxylation sites is 1. The molecule has 1 aromatic carbocycles. The third kappa shape index (κ3) is 7.04. The number of methoxy groups -OCH3 is 1. The van der Waals surface area contributed by atoms with E-state index in [-0.39, 0.29) is 11.8 Å². The lowest BCUT2D eigenvalue weighted by molar-refractivity contribution is -0.123. The van der Waals surface area contributed by atoms with Crippen LogP contribution in [0.1, 0.15) is 26.3 Å². The second kappa shape index (κ2) is 10.5. The van der Waals surface area contributed by atoms with Gasteiger partial charge < -0.3 is 20.7 Å². The van der Waals surface area contributed by atoms with Crippen LogP contribution in [-0.2, 0) is 11.3 Å². The highest BCUT2D eigenvalue weighted by molar-refractivity contribution is 5.80. The zero-order valence-electron chi connectivity index (χ0n) is 14.5. The van der Waals surface area contributed by atoms with Gasteiger partial charge in [0.15, 0.2) is 5.96 Å². The zero-order chi connectivity index (χ0) is 17.1. The number of amides is 1. The van der Waals surface area contributed by atoms with Crippen molar-refractivity contribution in [3.8, 4) is 5.75 Å². The molecule has 0 unspecified atom stereocenters. The topological polar surface area (TPSA) is 74.8 Å². The molecule has 0 atom stereocenters. The summed E-state index contributed by atoms with van der Waals surface area (Å²) >= 11 is 0. The van der Waals surface area contributed by atoms with Gasteiger partial charge in [0.1, 0.15) is 5.75 Å². The smallest absolute Gasteiger partial charge is 0.222 e. The standard InChI is InChI=1S/C17H28N4O2/c1-5-18-17(20-11-10-19-16(22)13(2)3)21-12-14-8-6-7-9-15(14)23-4/h6-9,13H,5,10-12H2,1-4H3,(H,19,22)(H2,18,20,21). The second-order valence-corrected chi connectivity index (χ2v) is 5.38. The minimum atomic E-state index is 0.00227. The molecule has 128 valence electrons. The molecule has 0 heterocycles. The molecule has 0 radical (unpaired) electrons. The molecule has 0 aromatic heterocycles. The van der Waals surface area contributed by atoms with Crippen molar-refractivity contribution in [2.75, 3.05) is 26.7 Å². The average molecular weight is 320 g/mol. The van der Waals surface area contributed by atoms with Crippen LogP contribution < -0.4 is 20.7 Å². The lowest BCUT2D eigenvalue weighted by Crippen LogP contribution is -2.42. The molecule has 6 nitrogen and oxygen atoms in total. The van der Waals surface area contributed by atoms with Gasteiger partial charge in [-0.1, -0.05) is 32.0 Å². The summed E-state index contributed by atoms with van der Waals surface area (Å²) in [5.74, 6) is 1.61. The molecule has 0 saturated heterocycles. The molecule has 0 aliphatic carbocycles. The third-order valence-corrected chi connectivity index (χ3v) is 3.19. The van der Waals surface area contributed by atoms with E-state index in [1.165, 1.54) is 0 Å². The maximum Gasteiger partial charge on any atom is 0.222 e. The van der Waals surface area contributed by atoms with Gasteiger partial charge in [0.2, 0.25) is 5.91 Å². The molecular weight excluding hydrogens is 292 g/mol. The first-order chi connectivity index (χ1) is 11.1. The van der Waals surface area contributed by atoms with E-state index in [2.05, 4.69) is 20.9 Å². The Balaban J connectivity index is 2.51. The Kier molecular flexibility index (Phi) is 8.57. The van der Waals surface area contributed by atoms with Crippen molar-refractivity contribution in [1.29, 1.82) is 0 Å². The normalized spacial score (nSPS) is 11.3. The molecule has 23 heavy (non-hydrogen) atoms. The molecule has 0 aliphatic heterocycles. The Morgan fingerprint density at radius 2 is 1.87 bits per heavy atom. The fourth-order valence-corrected chi connectivity index (χ4v) is 1.91. The van der Waals surface area contributed by atoms with Crippen molar-refractivity contribution in [3.05, 3.63) is 29.8 Å². The summed E-state index contributed by atoms with van der Waals surface area (Å²) in [5, 5.41) is 9.26. The monoisotopic (exact) mass is 320 g/mol. The molecular formula is C17H28N4O2. The SMILES string of the molecule is CCNC(=NCc1ccccc1OC)NCCNC(=O)C(C)C. The number of ether oxygens (including phenoxy) is 1. The highest BCUT2D eigenvalue weighted by Crippen LogP contribution is 2.17. The third-order valence-electron chi connectivity index (χ3n) is 3.19. The van der Waals surface area contributed by atoms with Crippen molar-refractivity contribution >= 4 is 11.9 Å². The van der Waals surface area contributed by atoms with Crippen molar-refractivity contribution in [1.82, 2.24) is 16.0 Å². The summed E-state index contributed by atoms with van der Waals surface area (Å²) in [4.78, 5) is 16.0. The number of rotatable bonds is 8. The van der Waals surface area contributed by atoms with E-state index in [4.69, 9.17) is 4.74 Å². The summed E-state index contributed by atoms with van der Waals surface area (Å²) in [6.07, 6.45) is 0. The van der Waals surface area contributed by atoms with Crippen LogP contribution in [0.2, 0.25) is 0 Å². The van der Waals surface area contributed by atoms with E-state index in [0.29, 0.717) is 19.6 Å². The van der Waals surface area contributed by atoms with E-state index in [0.717, 1.165) is 23.8 Å². The van der Waals surface area contributed by atoms with Gasteiger partial charge in [-0.05, 0) is 13.0 Å². The first-order valence-electron chi connectivity index (χ1n) is 8.00. The number of hydrogen-bond acceptors (Lipinski definition) is 3. The minimum absolute atomic E-state index is 0.00227. The maximum atomic E-state index is 11.5. The second-order valence-electron chi connectivity index (χ2n) is 5.38. The minimum Gasteiger partial charge on any atom is -0.496 e. The van der Waals surface area contributed by atoms with Gasteiger partial charge in [-0.15, -0.1) is 0 Å². The highest BCUT2D eigenvalue weighted by Gasteiger charge is 2.05. The Morgan fingerprint density at radius 3 is 2.52 bits per heavy atom. The number of nitrogens with zero attached hydrogens (tertiary/aromatic N) is 1. The van der Waals surface area contributed by atoms with Crippen molar-refractivity contribution in [2.45, 2.75) is 27.3 Å². The van der Waals surface area contributed by atoms with Crippen molar-refractivity contribution in [3.63, 3.8) is 0 Å². The lowest BCUT2D eigenvalue weighted by atomic mass is 10.2. The molecule has 0 saturated carbocycles. The number of guanidine groups is 1. The number of hydrogen-bond donors (Lipinski definition) is 3. The quantitative estimate of drug-likeness (QED) is 0.386. The van der Waals surface area contributed by atoms with Gasteiger partial charge in [0.25, 0.3) is 0 Å². The fourth-order valence-electron chi connectivity index (χ4n) is 1.91. The number of aliphatic imine (C=N–C) groups is 1. The van der Waals surface area contributed by atoms with Gasteiger partial charge >= 0.3 is 0 Å². The van der Waals surface area contributed by atoms with E-state index in [9.17, 15) is 4.79 Å². The largest absolute Gasteiger partial charge is 0.496 e. The Hall–Kier alpha value is -2.24. The van der Waals surface area contributed by atoms with E-state index in [1.54, 1.807) is 7.11 Å². The van der Waals surface area contributed by atoms with Crippen LogP contribution in [-0.4, -0.2) is 38.6 Å². The van der Waals surface area contributed by atoms with E-state index < -0.39 is 0 Å². The van der Waals surface area contributed by atoms with Crippen LogP contribution in [0, 0.1) is 5.92 Å². The summed E-state index contributed by atoms with van der Waals surface area (Å²) < 4.78 is 5.33. The molecule has 3 N–H and O–H groups in total. The lowest BCUT2D eigenvalue weighted by Gasteiger charge is -2.13. The van der Waals surface area contributed by atoms with Crippen LogP contribution >= 0.6 is 0 Å².